The first kappa shape index (κ1) is 13.1. The number of para-hydroxylation sites is 1. The summed E-state index contributed by atoms with van der Waals surface area (Å²) in [6.45, 7) is 2.01. The third-order valence-electron chi connectivity index (χ3n) is 3.12. The molecule has 100 valence electrons. The maximum atomic E-state index is 6.01. The van der Waals surface area contributed by atoms with Crippen LogP contribution in [-0.2, 0) is 0 Å². The number of benzene rings is 2. The first-order chi connectivity index (χ1) is 9.66. The summed E-state index contributed by atoms with van der Waals surface area (Å²) in [6, 6.07) is 15.7. The van der Waals surface area contributed by atoms with Gasteiger partial charge in [-0.05, 0) is 55.0 Å². The van der Waals surface area contributed by atoms with Crippen LogP contribution in [0.4, 0.5) is 0 Å². The fourth-order valence-electron chi connectivity index (χ4n) is 2.17. The van der Waals surface area contributed by atoms with Gasteiger partial charge < -0.3 is 0 Å². The topological polar surface area (TPSA) is 33.6 Å². The molecule has 0 saturated carbocycles. The molecule has 3 nitrogen and oxygen atoms in total. The van der Waals surface area contributed by atoms with Gasteiger partial charge in [-0.25, -0.2) is 0 Å². The van der Waals surface area contributed by atoms with Crippen LogP contribution in [0, 0.1) is 11.7 Å². The summed E-state index contributed by atoms with van der Waals surface area (Å²) in [5, 5.41) is 7.93. The molecule has 0 aliphatic rings. The molecule has 1 heterocycles. The molecule has 1 aromatic heterocycles. The van der Waals surface area contributed by atoms with E-state index < -0.39 is 0 Å². The quantitative estimate of drug-likeness (QED) is 0.704. The summed E-state index contributed by atoms with van der Waals surface area (Å²) in [5.41, 5.74) is 3.05. The molecule has 0 bridgehead atoms. The Bertz CT molecular complexity index is 805. The molecule has 0 saturated heterocycles. The van der Waals surface area contributed by atoms with Crippen molar-refractivity contribution < 1.29 is 0 Å². The van der Waals surface area contributed by atoms with Crippen molar-refractivity contribution in [2.24, 2.45) is 0 Å². The van der Waals surface area contributed by atoms with E-state index in [1.807, 2.05) is 60.0 Å². The Balaban J connectivity index is 2.24. The summed E-state index contributed by atoms with van der Waals surface area (Å²) in [4.78, 5) is 0. The maximum absolute atomic E-state index is 6.01. The maximum Gasteiger partial charge on any atom is 0.200 e. The van der Waals surface area contributed by atoms with E-state index in [0.29, 0.717) is 9.79 Å². The number of rotatable bonds is 2. The highest BCUT2D eigenvalue weighted by Gasteiger charge is 2.12. The smallest absolute Gasteiger partial charge is 0.200 e. The van der Waals surface area contributed by atoms with Gasteiger partial charge in [0.05, 0.1) is 0 Å². The van der Waals surface area contributed by atoms with E-state index in [0.717, 1.165) is 22.6 Å². The highest BCUT2D eigenvalue weighted by atomic mass is 35.5. The third-order valence-corrected chi connectivity index (χ3v) is 3.63. The van der Waals surface area contributed by atoms with Gasteiger partial charge in [0.1, 0.15) is 0 Å². The Kier molecular flexibility index (Phi) is 3.42. The molecule has 0 unspecified atom stereocenters. The summed E-state index contributed by atoms with van der Waals surface area (Å²) in [7, 11) is 0. The van der Waals surface area contributed by atoms with Crippen molar-refractivity contribution in [1.82, 2.24) is 14.8 Å². The SMILES string of the molecule is Cc1cc(Cl)ccc1-c1n[nH]c(=S)n1-c1ccccc1. The van der Waals surface area contributed by atoms with Gasteiger partial charge >= 0.3 is 0 Å². The Morgan fingerprint density at radius 3 is 2.60 bits per heavy atom. The molecule has 0 aliphatic carbocycles. The van der Waals surface area contributed by atoms with Crippen LogP contribution in [0.2, 0.25) is 5.02 Å². The molecule has 3 rings (SSSR count). The van der Waals surface area contributed by atoms with E-state index in [-0.39, 0.29) is 0 Å². The number of nitrogens with zero attached hydrogens (tertiary/aromatic N) is 2. The van der Waals surface area contributed by atoms with Crippen molar-refractivity contribution in [2.45, 2.75) is 6.92 Å². The summed E-state index contributed by atoms with van der Waals surface area (Å²) in [6.07, 6.45) is 0. The summed E-state index contributed by atoms with van der Waals surface area (Å²) in [5.74, 6) is 0.787. The van der Waals surface area contributed by atoms with E-state index in [2.05, 4.69) is 10.2 Å². The Morgan fingerprint density at radius 1 is 1.15 bits per heavy atom. The molecular formula is C15H12ClN3S. The minimum absolute atomic E-state index is 0.570. The molecule has 0 spiro atoms. The molecule has 5 heteroatoms. The zero-order valence-electron chi connectivity index (χ0n) is 10.8. The lowest BCUT2D eigenvalue weighted by Gasteiger charge is -2.09. The van der Waals surface area contributed by atoms with E-state index in [9.17, 15) is 0 Å². The van der Waals surface area contributed by atoms with Crippen molar-refractivity contribution in [2.75, 3.05) is 0 Å². The van der Waals surface area contributed by atoms with Gasteiger partial charge in [-0.2, -0.15) is 5.10 Å². The Morgan fingerprint density at radius 2 is 1.90 bits per heavy atom. The van der Waals surface area contributed by atoms with Crippen LogP contribution in [0.5, 0.6) is 0 Å². The first-order valence-corrected chi connectivity index (χ1v) is 6.95. The van der Waals surface area contributed by atoms with Gasteiger partial charge in [0, 0.05) is 16.3 Å². The first-order valence-electron chi connectivity index (χ1n) is 6.16. The minimum atomic E-state index is 0.570. The highest BCUT2D eigenvalue weighted by Crippen LogP contribution is 2.26. The molecule has 0 fully saturated rings. The average Bonchev–Trinajstić information content (AvgIpc) is 2.81. The molecule has 0 radical (unpaired) electrons. The second kappa shape index (κ2) is 5.23. The lowest BCUT2D eigenvalue weighted by Crippen LogP contribution is -1.98. The lowest BCUT2D eigenvalue weighted by atomic mass is 10.1. The number of hydrogen-bond acceptors (Lipinski definition) is 2. The summed E-state index contributed by atoms with van der Waals surface area (Å²) < 4.78 is 2.49. The number of halogens is 1. The van der Waals surface area contributed by atoms with E-state index in [1.54, 1.807) is 0 Å². The highest BCUT2D eigenvalue weighted by molar-refractivity contribution is 7.71. The van der Waals surface area contributed by atoms with E-state index in [1.165, 1.54) is 0 Å². The monoisotopic (exact) mass is 301 g/mol. The molecular weight excluding hydrogens is 290 g/mol. The summed E-state index contributed by atoms with van der Waals surface area (Å²) >= 11 is 11.4. The lowest BCUT2D eigenvalue weighted by molar-refractivity contribution is 1.03. The van der Waals surface area contributed by atoms with Crippen LogP contribution in [0.15, 0.2) is 48.5 Å². The van der Waals surface area contributed by atoms with E-state index in [4.69, 9.17) is 23.8 Å². The van der Waals surface area contributed by atoms with Crippen LogP contribution in [0.25, 0.3) is 17.1 Å². The van der Waals surface area contributed by atoms with Crippen molar-refractivity contribution in [3.63, 3.8) is 0 Å². The predicted molar refractivity (Wildman–Crippen MR) is 83.9 cm³/mol. The number of nitrogens with one attached hydrogen (secondary N) is 1. The number of hydrogen-bond donors (Lipinski definition) is 1. The number of aromatic nitrogens is 3. The zero-order chi connectivity index (χ0) is 14.1. The van der Waals surface area contributed by atoms with Crippen LogP contribution >= 0.6 is 23.8 Å². The number of aromatic amines is 1. The molecule has 0 atom stereocenters. The molecule has 0 aliphatic heterocycles. The molecule has 1 N–H and O–H groups in total. The van der Waals surface area contributed by atoms with Crippen molar-refractivity contribution >= 4 is 23.8 Å². The van der Waals surface area contributed by atoms with Gasteiger partial charge in [0.25, 0.3) is 0 Å². The van der Waals surface area contributed by atoms with Crippen LogP contribution in [0.3, 0.4) is 0 Å². The minimum Gasteiger partial charge on any atom is -0.268 e. The van der Waals surface area contributed by atoms with Crippen molar-refractivity contribution in [1.29, 1.82) is 0 Å². The van der Waals surface area contributed by atoms with Crippen molar-refractivity contribution in [3.8, 4) is 17.1 Å². The molecule has 20 heavy (non-hydrogen) atoms. The van der Waals surface area contributed by atoms with E-state index >= 15 is 0 Å². The third kappa shape index (κ3) is 2.28. The van der Waals surface area contributed by atoms with Crippen LogP contribution in [0.1, 0.15) is 5.56 Å². The van der Waals surface area contributed by atoms with Crippen molar-refractivity contribution in [3.05, 3.63) is 63.9 Å². The Hall–Kier alpha value is -1.91. The second-order valence-corrected chi connectivity index (χ2v) is 5.31. The van der Waals surface area contributed by atoms with Gasteiger partial charge in [-0.1, -0.05) is 29.8 Å². The van der Waals surface area contributed by atoms with Gasteiger partial charge in [0.15, 0.2) is 10.6 Å². The fraction of sp³-hybridized carbons (Fsp3) is 0.0667. The molecule has 3 aromatic rings. The fourth-order valence-corrected chi connectivity index (χ4v) is 2.64. The predicted octanol–water partition coefficient (Wildman–Crippen LogP) is 4.56. The largest absolute Gasteiger partial charge is 0.268 e. The van der Waals surface area contributed by atoms with Gasteiger partial charge in [-0.3, -0.25) is 9.67 Å². The molecule has 2 aromatic carbocycles. The standard InChI is InChI=1S/C15H12ClN3S/c1-10-9-11(16)7-8-13(10)14-17-18-15(20)19(14)12-5-3-2-4-6-12/h2-9H,1H3,(H,18,20). The average molecular weight is 302 g/mol. The Labute approximate surface area is 126 Å². The van der Waals surface area contributed by atoms with Crippen LogP contribution < -0.4 is 0 Å². The molecule has 0 amide bonds. The number of H-pyrrole nitrogens is 1. The van der Waals surface area contributed by atoms with Gasteiger partial charge in [-0.15, -0.1) is 0 Å². The van der Waals surface area contributed by atoms with Crippen LogP contribution in [-0.4, -0.2) is 14.8 Å². The van der Waals surface area contributed by atoms with Gasteiger partial charge in [0.2, 0.25) is 0 Å². The second-order valence-electron chi connectivity index (χ2n) is 4.48. The zero-order valence-corrected chi connectivity index (χ0v) is 12.4. The number of aryl methyl sites for hydroxylation is 1. The normalized spacial score (nSPS) is 10.7.